The quantitative estimate of drug-likeness (QED) is 0.699. The number of aromatic nitrogens is 2. The van der Waals surface area contributed by atoms with Crippen molar-refractivity contribution in [3.63, 3.8) is 0 Å². The molecule has 0 radical (unpaired) electrons. The summed E-state index contributed by atoms with van der Waals surface area (Å²) in [4.78, 5) is 28.9. The van der Waals surface area contributed by atoms with E-state index in [1.54, 1.807) is 29.5 Å². The van der Waals surface area contributed by atoms with Crippen LogP contribution in [-0.2, 0) is 6.54 Å². The van der Waals surface area contributed by atoms with Crippen molar-refractivity contribution in [3.8, 4) is 0 Å². The second-order valence-corrected chi connectivity index (χ2v) is 6.82. The molecule has 1 aromatic carbocycles. The number of hydrogen-bond acceptors (Lipinski definition) is 4. The second kappa shape index (κ2) is 6.70. The summed E-state index contributed by atoms with van der Waals surface area (Å²) in [5.74, 6) is -0.184. The summed E-state index contributed by atoms with van der Waals surface area (Å²) in [6.07, 6.45) is 0. The number of rotatable bonds is 4. The molecule has 0 fully saturated rings. The topological polar surface area (TPSA) is 66.9 Å². The number of fused-ring (bicyclic) bond motifs is 1. The molecule has 3 aromatic rings. The van der Waals surface area contributed by atoms with E-state index in [4.69, 9.17) is 12.2 Å². The van der Waals surface area contributed by atoms with Crippen molar-refractivity contribution in [2.24, 2.45) is 0 Å². The molecular formula is C17H17N3O2S2. The van der Waals surface area contributed by atoms with Crippen LogP contribution < -0.4 is 10.9 Å². The first-order valence-corrected chi connectivity index (χ1v) is 8.91. The number of thiophene rings is 1. The minimum absolute atomic E-state index is 0.0696. The minimum Gasteiger partial charge on any atom is -0.345 e. The van der Waals surface area contributed by atoms with Gasteiger partial charge < -0.3 is 10.3 Å². The normalized spacial score (nSPS) is 12.2. The molecule has 7 heteroatoms. The first-order chi connectivity index (χ1) is 11.5. The monoisotopic (exact) mass is 359 g/mol. The maximum atomic E-state index is 12.5. The maximum Gasteiger partial charge on any atom is 0.262 e. The van der Waals surface area contributed by atoms with Gasteiger partial charge in [-0.3, -0.25) is 14.2 Å². The van der Waals surface area contributed by atoms with Crippen LogP contribution in [0.1, 0.15) is 35.1 Å². The van der Waals surface area contributed by atoms with Crippen LogP contribution in [0, 0.1) is 4.77 Å². The number of carbonyl (C=O) groups excluding carboxylic acids is 1. The fourth-order valence-corrected chi connectivity index (χ4v) is 3.63. The maximum absolute atomic E-state index is 12.5. The first kappa shape index (κ1) is 16.6. The Morgan fingerprint density at radius 3 is 2.88 bits per heavy atom. The SMILES string of the molecule is CCn1c(=S)[nH]c2cc(C(=O)N[C@H](C)c3cccs3)ccc2c1=O. The van der Waals surface area contributed by atoms with Crippen molar-refractivity contribution in [1.29, 1.82) is 0 Å². The molecule has 1 amide bonds. The predicted molar refractivity (Wildman–Crippen MR) is 99.3 cm³/mol. The number of amides is 1. The Labute approximate surface area is 148 Å². The Morgan fingerprint density at radius 1 is 1.42 bits per heavy atom. The average Bonchev–Trinajstić information content (AvgIpc) is 3.09. The van der Waals surface area contributed by atoms with E-state index in [1.165, 1.54) is 4.57 Å². The Bertz CT molecular complexity index is 1000. The molecule has 2 aromatic heterocycles. The zero-order valence-electron chi connectivity index (χ0n) is 13.3. The summed E-state index contributed by atoms with van der Waals surface area (Å²) in [6.45, 7) is 4.31. The van der Waals surface area contributed by atoms with E-state index in [9.17, 15) is 9.59 Å². The van der Waals surface area contributed by atoms with Crippen LogP contribution in [-0.4, -0.2) is 15.5 Å². The number of nitrogens with one attached hydrogen (secondary N) is 2. The average molecular weight is 359 g/mol. The molecular weight excluding hydrogens is 342 g/mol. The van der Waals surface area contributed by atoms with Gasteiger partial charge in [-0.25, -0.2) is 0 Å². The number of carbonyl (C=O) groups is 1. The van der Waals surface area contributed by atoms with E-state index >= 15 is 0 Å². The summed E-state index contributed by atoms with van der Waals surface area (Å²) in [5.41, 5.74) is 0.923. The Balaban J connectivity index is 1.95. The number of nitrogens with zero attached hydrogens (tertiary/aromatic N) is 1. The molecule has 2 heterocycles. The van der Waals surface area contributed by atoms with Gasteiger partial charge in [-0.05, 0) is 55.7 Å². The number of benzene rings is 1. The predicted octanol–water partition coefficient (Wildman–Crippen LogP) is 3.63. The molecule has 1 atom stereocenters. The zero-order chi connectivity index (χ0) is 17.3. The van der Waals surface area contributed by atoms with Gasteiger partial charge in [-0.2, -0.15) is 0 Å². The minimum atomic E-state index is -0.184. The van der Waals surface area contributed by atoms with Gasteiger partial charge in [-0.1, -0.05) is 6.07 Å². The summed E-state index contributed by atoms with van der Waals surface area (Å²) in [6, 6.07) is 8.87. The van der Waals surface area contributed by atoms with Crippen molar-refractivity contribution in [3.05, 3.63) is 61.3 Å². The lowest BCUT2D eigenvalue weighted by Crippen LogP contribution is -2.26. The molecule has 3 rings (SSSR count). The number of aromatic amines is 1. The fraction of sp³-hybridized carbons (Fsp3) is 0.235. The van der Waals surface area contributed by atoms with E-state index < -0.39 is 0 Å². The highest BCUT2D eigenvalue weighted by molar-refractivity contribution is 7.71. The van der Waals surface area contributed by atoms with Crippen LogP contribution in [0.25, 0.3) is 10.9 Å². The third-order valence-corrected chi connectivity index (χ3v) is 5.26. The smallest absolute Gasteiger partial charge is 0.262 e. The van der Waals surface area contributed by atoms with E-state index in [2.05, 4.69) is 10.3 Å². The van der Waals surface area contributed by atoms with Crippen LogP contribution >= 0.6 is 23.6 Å². The van der Waals surface area contributed by atoms with Crippen LogP contribution in [0.2, 0.25) is 0 Å². The van der Waals surface area contributed by atoms with Gasteiger partial charge in [0, 0.05) is 17.0 Å². The Morgan fingerprint density at radius 2 is 2.21 bits per heavy atom. The van der Waals surface area contributed by atoms with Gasteiger partial charge in [0.05, 0.1) is 16.9 Å². The van der Waals surface area contributed by atoms with Gasteiger partial charge in [0.25, 0.3) is 11.5 Å². The van der Waals surface area contributed by atoms with Crippen molar-refractivity contribution in [1.82, 2.24) is 14.9 Å². The highest BCUT2D eigenvalue weighted by atomic mass is 32.1. The van der Waals surface area contributed by atoms with Gasteiger partial charge in [-0.15, -0.1) is 11.3 Å². The molecule has 0 saturated carbocycles. The van der Waals surface area contributed by atoms with Crippen molar-refractivity contribution in [2.45, 2.75) is 26.4 Å². The standard InChI is InChI=1S/C17H17N3O2S2/c1-3-20-16(22)12-7-6-11(9-13(12)19-17(20)23)15(21)18-10(2)14-5-4-8-24-14/h4-10H,3H2,1-2H3,(H,18,21)(H,19,23)/t10-/m1/s1. The van der Waals surface area contributed by atoms with Crippen LogP contribution in [0.4, 0.5) is 0 Å². The molecule has 0 aliphatic rings. The van der Waals surface area contributed by atoms with Gasteiger partial charge >= 0.3 is 0 Å². The van der Waals surface area contributed by atoms with Crippen molar-refractivity contribution < 1.29 is 4.79 Å². The third kappa shape index (κ3) is 3.05. The van der Waals surface area contributed by atoms with Gasteiger partial charge in [0.1, 0.15) is 0 Å². The Hall–Kier alpha value is -2.25. The first-order valence-electron chi connectivity index (χ1n) is 7.62. The molecule has 124 valence electrons. The molecule has 0 unspecified atom stereocenters. The zero-order valence-corrected chi connectivity index (χ0v) is 15.0. The van der Waals surface area contributed by atoms with Crippen molar-refractivity contribution in [2.75, 3.05) is 0 Å². The van der Waals surface area contributed by atoms with E-state index in [0.29, 0.717) is 27.8 Å². The lowest BCUT2D eigenvalue weighted by molar-refractivity contribution is 0.0940. The summed E-state index contributed by atoms with van der Waals surface area (Å²) < 4.78 is 1.86. The van der Waals surface area contributed by atoms with Crippen LogP contribution in [0.3, 0.4) is 0 Å². The molecule has 0 aliphatic heterocycles. The summed E-state index contributed by atoms with van der Waals surface area (Å²) in [7, 11) is 0. The summed E-state index contributed by atoms with van der Waals surface area (Å²) in [5, 5.41) is 5.46. The molecule has 5 nitrogen and oxygen atoms in total. The molecule has 0 saturated heterocycles. The molecule has 0 aliphatic carbocycles. The summed E-state index contributed by atoms with van der Waals surface area (Å²) >= 11 is 6.81. The van der Waals surface area contributed by atoms with Crippen molar-refractivity contribution >= 4 is 40.4 Å². The molecule has 0 bridgehead atoms. The molecule has 24 heavy (non-hydrogen) atoms. The van der Waals surface area contributed by atoms with E-state index in [-0.39, 0.29) is 17.5 Å². The van der Waals surface area contributed by atoms with E-state index in [1.807, 2.05) is 31.4 Å². The molecule has 2 N–H and O–H groups in total. The Kier molecular flexibility index (Phi) is 4.64. The highest BCUT2D eigenvalue weighted by Crippen LogP contribution is 2.19. The third-order valence-electron chi connectivity index (χ3n) is 3.88. The fourth-order valence-electron chi connectivity index (χ4n) is 2.57. The lowest BCUT2D eigenvalue weighted by atomic mass is 10.1. The van der Waals surface area contributed by atoms with E-state index in [0.717, 1.165) is 4.88 Å². The number of hydrogen-bond donors (Lipinski definition) is 2. The van der Waals surface area contributed by atoms with Gasteiger partial charge in [0.15, 0.2) is 4.77 Å². The number of H-pyrrole nitrogens is 1. The highest BCUT2D eigenvalue weighted by Gasteiger charge is 2.13. The van der Waals surface area contributed by atoms with Crippen LogP contribution in [0.15, 0.2) is 40.5 Å². The molecule has 0 spiro atoms. The van der Waals surface area contributed by atoms with Crippen LogP contribution in [0.5, 0.6) is 0 Å². The van der Waals surface area contributed by atoms with Gasteiger partial charge in [0.2, 0.25) is 0 Å². The lowest BCUT2D eigenvalue weighted by Gasteiger charge is -2.13. The largest absolute Gasteiger partial charge is 0.345 e. The second-order valence-electron chi connectivity index (χ2n) is 5.45.